The number of hydrogen-bond acceptors (Lipinski definition) is 2. The number of aromatic hydroxyl groups is 1. The fourth-order valence-electron chi connectivity index (χ4n) is 1.11. The largest absolute Gasteiger partial charge is 0.505 e. The molecule has 0 saturated heterocycles. The van der Waals surface area contributed by atoms with E-state index in [2.05, 4.69) is 17.2 Å². The summed E-state index contributed by atoms with van der Waals surface area (Å²) in [7, 11) is 0. The van der Waals surface area contributed by atoms with E-state index in [1.807, 2.05) is 0 Å². The van der Waals surface area contributed by atoms with Gasteiger partial charge in [-0.1, -0.05) is 11.8 Å². The molecule has 0 saturated carbocycles. The lowest BCUT2D eigenvalue weighted by molar-refractivity contribution is -0.118. The lowest BCUT2D eigenvalue weighted by Crippen LogP contribution is -2.20. The lowest BCUT2D eigenvalue weighted by atomic mass is 10.2. The molecule has 0 aliphatic heterocycles. The van der Waals surface area contributed by atoms with Crippen LogP contribution >= 0.6 is 0 Å². The average Bonchev–Trinajstić information content (AvgIpc) is 2.25. The predicted molar refractivity (Wildman–Crippen MR) is 58.2 cm³/mol. The second kappa shape index (κ2) is 5.85. The molecule has 0 fully saturated rings. The number of carbonyl (C=O) groups is 1. The highest BCUT2D eigenvalue weighted by molar-refractivity contribution is 5.72. The van der Waals surface area contributed by atoms with Crippen molar-refractivity contribution in [2.24, 2.45) is 0 Å². The van der Waals surface area contributed by atoms with Gasteiger partial charge in [0.2, 0.25) is 5.91 Å². The minimum absolute atomic E-state index is 0.155. The molecule has 0 bridgehead atoms. The Labute approximate surface area is 97.5 Å². The zero-order chi connectivity index (χ0) is 12.8. The molecular formula is C12H11F2NO2. The van der Waals surface area contributed by atoms with Crippen molar-refractivity contribution in [2.45, 2.75) is 13.3 Å². The fraction of sp³-hybridized carbons (Fsp3) is 0.250. The smallest absolute Gasteiger partial charge is 0.216 e. The number of amides is 1. The molecule has 1 rings (SSSR count). The van der Waals surface area contributed by atoms with Crippen molar-refractivity contribution in [1.29, 1.82) is 0 Å². The quantitative estimate of drug-likeness (QED) is 0.607. The van der Waals surface area contributed by atoms with E-state index in [0.717, 1.165) is 12.1 Å². The monoisotopic (exact) mass is 239 g/mol. The summed E-state index contributed by atoms with van der Waals surface area (Å²) in [6, 6.07) is 1.95. The minimum Gasteiger partial charge on any atom is -0.505 e. The Kier molecular flexibility index (Phi) is 4.46. The Balaban J connectivity index is 2.63. The molecule has 2 N–H and O–H groups in total. The second-order valence-electron chi connectivity index (χ2n) is 3.33. The van der Waals surface area contributed by atoms with Crippen LogP contribution in [0.4, 0.5) is 8.78 Å². The zero-order valence-corrected chi connectivity index (χ0v) is 9.18. The molecule has 0 aromatic heterocycles. The van der Waals surface area contributed by atoms with Gasteiger partial charge in [0, 0.05) is 25.5 Å². The average molecular weight is 239 g/mol. The van der Waals surface area contributed by atoms with Gasteiger partial charge in [0.1, 0.15) is 0 Å². The summed E-state index contributed by atoms with van der Waals surface area (Å²) >= 11 is 0. The second-order valence-corrected chi connectivity index (χ2v) is 3.33. The van der Waals surface area contributed by atoms with Crippen LogP contribution in [0.25, 0.3) is 0 Å². The molecule has 90 valence electrons. The molecule has 0 aliphatic carbocycles. The van der Waals surface area contributed by atoms with Gasteiger partial charge in [-0.2, -0.15) is 4.39 Å². The van der Waals surface area contributed by atoms with Crippen LogP contribution in [0.3, 0.4) is 0 Å². The van der Waals surface area contributed by atoms with Gasteiger partial charge in [-0.15, -0.1) is 0 Å². The SMILES string of the molecule is CC(=O)NCCC#Cc1cc(O)c(F)c(F)c1. The number of carbonyl (C=O) groups excluding carboxylic acids is 1. The topological polar surface area (TPSA) is 49.3 Å². The highest BCUT2D eigenvalue weighted by Gasteiger charge is 2.08. The maximum Gasteiger partial charge on any atom is 0.216 e. The number of hydrogen-bond donors (Lipinski definition) is 2. The first-order valence-electron chi connectivity index (χ1n) is 4.92. The molecule has 1 amide bonds. The molecule has 5 heteroatoms. The van der Waals surface area contributed by atoms with Gasteiger partial charge >= 0.3 is 0 Å². The number of rotatable bonds is 2. The van der Waals surface area contributed by atoms with Gasteiger partial charge in [0.25, 0.3) is 0 Å². The van der Waals surface area contributed by atoms with Crippen LogP contribution < -0.4 is 5.32 Å². The molecule has 0 aliphatic rings. The molecule has 0 unspecified atom stereocenters. The lowest BCUT2D eigenvalue weighted by Gasteiger charge is -1.98. The Hall–Kier alpha value is -2.09. The van der Waals surface area contributed by atoms with E-state index in [9.17, 15) is 13.6 Å². The Bertz CT molecular complexity index is 466. The van der Waals surface area contributed by atoms with E-state index in [1.165, 1.54) is 6.92 Å². The summed E-state index contributed by atoms with van der Waals surface area (Å²) in [5.74, 6) is 1.88. The molecule has 1 aromatic carbocycles. The van der Waals surface area contributed by atoms with E-state index in [1.54, 1.807) is 0 Å². The van der Waals surface area contributed by atoms with Crippen molar-refractivity contribution in [3.63, 3.8) is 0 Å². The molecule has 17 heavy (non-hydrogen) atoms. The van der Waals surface area contributed by atoms with E-state index >= 15 is 0 Å². The molecule has 0 spiro atoms. The maximum absolute atomic E-state index is 12.9. The highest BCUT2D eigenvalue weighted by Crippen LogP contribution is 2.19. The first kappa shape index (κ1) is 13.0. The summed E-state index contributed by atoms with van der Waals surface area (Å²) < 4.78 is 25.6. The van der Waals surface area contributed by atoms with Crippen molar-refractivity contribution in [3.8, 4) is 17.6 Å². The normalized spacial score (nSPS) is 9.35. The Morgan fingerprint density at radius 1 is 1.47 bits per heavy atom. The number of phenolic OH excluding ortho intramolecular Hbond substituents is 1. The van der Waals surface area contributed by atoms with E-state index in [0.29, 0.717) is 13.0 Å². The molecule has 0 atom stereocenters. The van der Waals surface area contributed by atoms with Crippen LogP contribution in [0.5, 0.6) is 5.75 Å². The third-order valence-electron chi connectivity index (χ3n) is 1.87. The Morgan fingerprint density at radius 2 is 2.18 bits per heavy atom. The third-order valence-corrected chi connectivity index (χ3v) is 1.87. The van der Waals surface area contributed by atoms with Crippen LogP contribution in [0.2, 0.25) is 0 Å². The van der Waals surface area contributed by atoms with Gasteiger partial charge in [0.05, 0.1) is 0 Å². The highest BCUT2D eigenvalue weighted by atomic mass is 19.2. The summed E-state index contributed by atoms with van der Waals surface area (Å²) in [6.45, 7) is 1.78. The van der Waals surface area contributed by atoms with Gasteiger partial charge in [0.15, 0.2) is 17.4 Å². The number of benzene rings is 1. The molecular weight excluding hydrogens is 228 g/mol. The molecule has 0 heterocycles. The summed E-state index contributed by atoms with van der Waals surface area (Å²) in [5.41, 5.74) is 0.184. The van der Waals surface area contributed by atoms with E-state index in [4.69, 9.17) is 5.11 Å². The van der Waals surface area contributed by atoms with Crippen molar-refractivity contribution >= 4 is 5.91 Å². The molecule has 0 radical (unpaired) electrons. The summed E-state index contributed by atoms with van der Waals surface area (Å²) in [5, 5.41) is 11.6. The van der Waals surface area contributed by atoms with E-state index in [-0.39, 0.29) is 11.5 Å². The zero-order valence-electron chi connectivity index (χ0n) is 9.18. The maximum atomic E-state index is 12.9. The van der Waals surface area contributed by atoms with Crippen LogP contribution in [0, 0.1) is 23.5 Å². The first-order chi connectivity index (χ1) is 8.00. The van der Waals surface area contributed by atoms with Crippen LogP contribution in [-0.2, 0) is 4.79 Å². The Morgan fingerprint density at radius 3 is 2.76 bits per heavy atom. The predicted octanol–water partition coefficient (Wildman–Crippen LogP) is 1.55. The van der Waals surface area contributed by atoms with Crippen LogP contribution in [0.15, 0.2) is 12.1 Å². The van der Waals surface area contributed by atoms with Gasteiger partial charge in [-0.25, -0.2) is 4.39 Å². The number of nitrogens with one attached hydrogen (secondary N) is 1. The minimum atomic E-state index is -1.28. The third kappa shape index (κ3) is 4.11. The van der Waals surface area contributed by atoms with Crippen molar-refractivity contribution in [1.82, 2.24) is 5.32 Å². The molecule has 3 nitrogen and oxygen atoms in total. The van der Waals surface area contributed by atoms with Gasteiger partial charge in [-0.3, -0.25) is 4.79 Å². The van der Waals surface area contributed by atoms with Crippen LogP contribution in [0.1, 0.15) is 18.9 Å². The first-order valence-corrected chi connectivity index (χ1v) is 4.92. The van der Waals surface area contributed by atoms with Crippen molar-refractivity contribution in [2.75, 3.05) is 6.54 Å². The standard InChI is InChI=1S/C12H11F2NO2/c1-8(16)15-5-3-2-4-9-6-10(13)12(14)11(17)7-9/h6-7,17H,3,5H2,1H3,(H,15,16). The van der Waals surface area contributed by atoms with E-state index < -0.39 is 17.4 Å². The summed E-state index contributed by atoms with van der Waals surface area (Å²) in [4.78, 5) is 10.5. The van der Waals surface area contributed by atoms with Gasteiger partial charge in [-0.05, 0) is 12.1 Å². The fourth-order valence-corrected chi connectivity index (χ4v) is 1.11. The van der Waals surface area contributed by atoms with Crippen molar-refractivity contribution < 1.29 is 18.7 Å². The number of halogens is 2. The summed E-state index contributed by atoms with van der Waals surface area (Å²) in [6.07, 6.45) is 0.388. The van der Waals surface area contributed by atoms with Gasteiger partial charge < -0.3 is 10.4 Å². The number of phenols is 1. The van der Waals surface area contributed by atoms with Crippen molar-refractivity contribution in [3.05, 3.63) is 29.3 Å². The molecule has 1 aromatic rings. The van der Waals surface area contributed by atoms with Crippen LogP contribution in [-0.4, -0.2) is 17.6 Å².